The summed E-state index contributed by atoms with van der Waals surface area (Å²) in [6, 6.07) is 10.3. The Morgan fingerprint density at radius 3 is 2.37 bits per heavy atom. The normalized spacial score (nSPS) is 10.9. The fraction of sp³-hybridized carbons (Fsp3) is 0.375. The average molecular weight is 255 g/mol. The van der Waals surface area contributed by atoms with E-state index in [9.17, 15) is 0 Å². The summed E-state index contributed by atoms with van der Waals surface area (Å²) in [5, 5.41) is 0. The van der Waals surface area contributed by atoms with Gasteiger partial charge >= 0.3 is 0 Å². The summed E-state index contributed by atoms with van der Waals surface area (Å²) >= 11 is 0. The maximum atomic E-state index is 5.85. The van der Waals surface area contributed by atoms with E-state index in [1.54, 1.807) is 0 Å². The van der Waals surface area contributed by atoms with Crippen molar-refractivity contribution in [2.75, 3.05) is 5.73 Å². The summed E-state index contributed by atoms with van der Waals surface area (Å²) in [6.45, 7) is 6.50. The number of anilines is 1. The van der Waals surface area contributed by atoms with E-state index in [1.165, 1.54) is 5.56 Å². The molecule has 0 unspecified atom stereocenters. The number of nitrogens with zero attached hydrogens (tertiary/aromatic N) is 2. The number of benzene rings is 1. The van der Waals surface area contributed by atoms with Crippen LogP contribution in [0.4, 0.5) is 5.82 Å². The van der Waals surface area contributed by atoms with Crippen molar-refractivity contribution in [3.63, 3.8) is 0 Å². The van der Waals surface area contributed by atoms with Crippen LogP contribution in [-0.2, 0) is 6.42 Å². The van der Waals surface area contributed by atoms with Crippen LogP contribution in [-0.4, -0.2) is 9.97 Å². The summed E-state index contributed by atoms with van der Waals surface area (Å²) in [5.41, 5.74) is 9.19. The summed E-state index contributed by atoms with van der Waals surface area (Å²) < 4.78 is 0. The van der Waals surface area contributed by atoms with Crippen molar-refractivity contribution >= 4 is 5.82 Å². The van der Waals surface area contributed by atoms with Crippen LogP contribution in [0.15, 0.2) is 30.3 Å². The topological polar surface area (TPSA) is 51.8 Å². The van der Waals surface area contributed by atoms with E-state index >= 15 is 0 Å². The molecule has 0 saturated heterocycles. The fourth-order valence-electron chi connectivity index (χ4n) is 2.04. The van der Waals surface area contributed by atoms with Crippen LogP contribution in [0.25, 0.3) is 11.3 Å². The van der Waals surface area contributed by atoms with Crippen LogP contribution in [0.2, 0.25) is 0 Å². The third kappa shape index (κ3) is 3.31. The quantitative estimate of drug-likeness (QED) is 0.904. The van der Waals surface area contributed by atoms with Crippen LogP contribution in [0, 0.1) is 0 Å². The van der Waals surface area contributed by atoms with Crippen molar-refractivity contribution in [3.05, 3.63) is 41.7 Å². The fourth-order valence-corrected chi connectivity index (χ4v) is 2.04. The van der Waals surface area contributed by atoms with Crippen LogP contribution in [0.1, 0.15) is 44.5 Å². The Bertz CT molecular complexity index is 544. The van der Waals surface area contributed by atoms with E-state index in [1.807, 2.05) is 6.07 Å². The Hall–Kier alpha value is -1.90. The number of rotatable bonds is 4. The van der Waals surface area contributed by atoms with Gasteiger partial charge in [-0.1, -0.05) is 45.0 Å². The van der Waals surface area contributed by atoms with Gasteiger partial charge < -0.3 is 5.73 Å². The van der Waals surface area contributed by atoms with Gasteiger partial charge in [0.2, 0.25) is 0 Å². The Balaban J connectivity index is 2.35. The first-order valence-corrected chi connectivity index (χ1v) is 6.84. The Morgan fingerprint density at radius 2 is 1.79 bits per heavy atom. The molecule has 0 bridgehead atoms. The molecule has 3 heteroatoms. The molecule has 0 aliphatic heterocycles. The SMILES string of the molecule is CCCc1nc(N)cc(-c2ccc(C(C)C)cc2)n1. The van der Waals surface area contributed by atoms with Crippen molar-refractivity contribution < 1.29 is 0 Å². The van der Waals surface area contributed by atoms with Crippen LogP contribution in [0.3, 0.4) is 0 Å². The van der Waals surface area contributed by atoms with E-state index < -0.39 is 0 Å². The molecule has 100 valence electrons. The first-order chi connectivity index (χ1) is 9.10. The second-order valence-electron chi connectivity index (χ2n) is 5.12. The Labute approximate surface area is 114 Å². The standard InChI is InChI=1S/C16H21N3/c1-4-5-16-18-14(10-15(17)19-16)13-8-6-12(7-9-13)11(2)3/h6-11H,4-5H2,1-3H3,(H2,17,18,19). The predicted octanol–water partition coefficient (Wildman–Crippen LogP) is 3.80. The molecule has 1 heterocycles. The second kappa shape index (κ2) is 5.83. The van der Waals surface area contributed by atoms with Gasteiger partial charge in [0.1, 0.15) is 11.6 Å². The Morgan fingerprint density at radius 1 is 1.11 bits per heavy atom. The lowest BCUT2D eigenvalue weighted by Gasteiger charge is -2.08. The molecule has 0 aliphatic rings. The molecule has 0 aliphatic carbocycles. The largest absolute Gasteiger partial charge is 0.384 e. The molecule has 2 N–H and O–H groups in total. The van der Waals surface area contributed by atoms with Gasteiger partial charge in [-0.2, -0.15) is 0 Å². The zero-order valence-electron chi connectivity index (χ0n) is 11.9. The van der Waals surface area contributed by atoms with Gasteiger partial charge in [-0.3, -0.25) is 0 Å². The summed E-state index contributed by atoms with van der Waals surface area (Å²) in [5.74, 6) is 1.91. The van der Waals surface area contributed by atoms with Crippen LogP contribution < -0.4 is 5.73 Å². The minimum atomic E-state index is 0.542. The van der Waals surface area contributed by atoms with Crippen molar-refractivity contribution in [1.29, 1.82) is 0 Å². The molecule has 0 spiro atoms. The molecule has 1 aromatic heterocycles. The third-order valence-electron chi connectivity index (χ3n) is 3.14. The molecule has 0 radical (unpaired) electrons. The number of aryl methyl sites for hydroxylation is 1. The molecule has 3 nitrogen and oxygen atoms in total. The molecule has 0 saturated carbocycles. The Kier molecular flexibility index (Phi) is 4.15. The number of hydrogen-bond acceptors (Lipinski definition) is 3. The van der Waals surface area contributed by atoms with Crippen LogP contribution >= 0.6 is 0 Å². The highest BCUT2D eigenvalue weighted by Gasteiger charge is 2.06. The van der Waals surface area contributed by atoms with E-state index in [2.05, 4.69) is 55.0 Å². The van der Waals surface area contributed by atoms with Gasteiger partial charge in [0.05, 0.1) is 5.69 Å². The van der Waals surface area contributed by atoms with E-state index in [-0.39, 0.29) is 0 Å². The average Bonchev–Trinajstić information content (AvgIpc) is 2.38. The highest BCUT2D eigenvalue weighted by atomic mass is 14.9. The molecule has 0 fully saturated rings. The van der Waals surface area contributed by atoms with Crippen molar-refractivity contribution in [2.45, 2.75) is 39.5 Å². The monoisotopic (exact) mass is 255 g/mol. The molecule has 1 aromatic carbocycles. The second-order valence-corrected chi connectivity index (χ2v) is 5.12. The molecular formula is C16H21N3. The van der Waals surface area contributed by atoms with Gasteiger partial charge in [-0.25, -0.2) is 9.97 Å². The summed E-state index contributed by atoms with van der Waals surface area (Å²) in [7, 11) is 0. The van der Waals surface area contributed by atoms with Gasteiger partial charge in [0, 0.05) is 18.1 Å². The maximum Gasteiger partial charge on any atom is 0.131 e. The first kappa shape index (κ1) is 13.5. The van der Waals surface area contributed by atoms with Gasteiger partial charge in [0.25, 0.3) is 0 Å². The molecule has 0 amide bonds. The van der Waals surface area contributed by atoms with Crippen molar-refractivity contribution in [3.8, 4) is 11.3 Å². The highest BCUT2D eigenvalue weighted by molar-refractivity contribution is 5.62. The lowest BCUT2D eigenvalue weighted by Crippen LogP contribution is -2.01. The summed E-state index contributed by atoms with van der Waals surface area (Å²) in [6.07, 6.45) is 1.89. The van der Waals surface area contributed by atoms with Crippen LogP contribution in [0.5, 0.6) is 0 Å². The van der Waals surface area contributed by atoms with Gasteiger partial charge in [-0.15, -0.1) is 0 Å². The third-order valence-corrected chi connectivity index (χ3v) is 3.14. The van der Waals surface area contributed by atoms with E-state index in [0.29, 0.717) is 11.7 Å². The number of nitrogens with two attached hydrogens (primary N) is 1. The number of hydrogen-bond donors (Lipinski definition) is 1. The predicted molar refractivity (Wildman–Crippen MR) is 80.0 cm³/mol. The lowest BCUT2D eigenvalue weighted by atomic mass is 10.0. The van der Waals surface area contributed by atoms with E-state index in [4.69, 9.17) is 5.73 Å². The highest BCUT2D eigenvalue weighted by Crippen LogP contribution is 2.22. The molecule has 0 atom stereocenters. The first-order valence-electron chi connectivity index (χ1n) is 6.84. The zero-order chi connectivity index (χ0) is 13.8. The minimum Gasteiger partial charge on any atom is -0.384 e. The van der Waals surface area contributed by atoms with Crippen molar-refractivity contribution in [1.82, 2.24) is 9.97 Å². The molecular weight excluding hydrogens is 234 g/mol. The number of nitrogen functional groups attached to an aromatic ring is 1. The molecule has 2 rings (SSSR count). The van der Waals surface area contributed by atoms with E-state index in [0.717, 1.165) is 29.9 Å². The lowest BCUT2D eigenvalue weighted by molar-refractivity contribution is 0.839. The maximum absolute atomic E-state index is 5.85. The molecule has 19 heavy (non-hydrogen) atoms. The summed E-state index contributed by atoms with van der Waals surface area (Å²) in [4.78, 5) is 8.84. The van der Waals surface area contributed by atoms with Gasteiger partial charge in [-0.05, 0) is 17.9 Å². The minimum absolute atomic E-state index is 0.542. The zero-order valence-corrected chi connectivity index (χ0v) is 11.9. The number of aromatic nitrogens is 2. The smallest absolute Gasteiger partial charge is 0.131 e. The molecule has 2 aromatic rings. The van der Waals surface area contributed by atoms with Gasteiger partial charge in [0.15, 0.2) is 0 Å². The van der Waals surface area contributed by atoms with Crippen molar-refractivity contribution in [2.24, 2.45) is 0 Å².